The van der Waals surface area contributed by atoms with E-state index in [0.717, 1.165) is 12.8 Å². The van der Waals surface area contributed by atoms with Crippen molar-refractivity contribution in [1.82, 2.24) is 10.6 Å². The summed E-state index contributed by atoms with van der Waals surface area (Å²) in [7, 11) is 0. The van der Waals surface area contributed by atoms with Gasteiger partial charge in [0.25, 0.3) is 5.91 Å². The van der Waals surface area contributed by atoms with Crippen molar-refractivity contribution in [3.05, 3.63) is 30.3 Å². The summed E-state index contributed by atoms with van der Waals surface area (Å²) in [5, 5.41) is 7.96. The molecule has 0 saturated heterocycles. The summed E-state index contributed by atoms with van der Waals surface area (Å²) in [6, 6.07) is 8.81. The van der Waals surface area contributed by atoms with E-state index in [2.05, 4.69) is 16.0 Å². The van der Waals surface area contributed by atoms with Gasteiger partial charge in [0.2, 0.25) is 0 Å². The molecule has 1 atom stereocenters. The highest BCUT2D eigenvalue weighted by atomic mass is 16.5. The number of benzene rings is 1. The molecule has 0 unspecified atom stereocenters. The van der Waals surface area contributed by atoms with Gasteiger partial charge in [-0.3, -0.25) is 9.59 Å². The number of ether oxygens (including phenoxy) is 1. The Bertz CT molecular complexity index is 558. The van der Waals surface area contributed by atoms with Crippen LogP contribution < -0.4 is 16.0 Å². The number of nitrogens with one attached hydrogen (secondary N) is 3. The highest BCUT2D eigenvalue weighted by Crippen LogP contribution is 2.18. The summed E-state index contributed by atoms with van der Waals surface area (Å²) < 4.78 is 5.02. The summed E-state index contributed by atoms with van der Waals surface area (Å²) >= 11 is 0. The van der Waals surface area contributed by atoms with Gasteiger partial charge in [0, 0.05) is 18.3 Å². The molecule has 7 nitrogen and oxygen atoms in total. The molecule has 3 N–H and O–H groups in total. The van der Waals surface area contributed by atoms with Crippen LogP contribution in [-0.2, 0) is 14.3 Å². The Balaban J connectivity index is 1.60. The highest BCUT2D eigenvalue weighted by Gasteiger charge is 2.27. The predicted octanol–water partition coefficient (Wildman–Crippen LogP) is 1.41. The lowest BCUT2D eigenvalue weighted by molar-refractivity contribution is -0.154. The smallest absolute Gasteiger partial charge is 0.319 e. The van der Waals surface area contributed by atoms with Crippen LogP contribution in [0.15, 0.2) is 30.3 Å². The second-order valence-electron chi connectivity index (χ2n) is 5.41. The molecule has 0 bridgehead atoms. The van der Waals surface area contributed by atoms with Crippen LogP contribution in [0, 0.1) is 0 Å². The molecule has 1 aromatic rings. The number of rotatable bonds is 7. The zero-order valence-corrected chi connectivity index (χ0v) is 13.0. The number of amides is 3. The lowest BCUT2D eigenvalue weighted by Crippen LogP contribution is -2.37. The van der Waals surface area contributed by atoms with Gasteiger partial charge in [0.05, 0.1) is 6.42 Å². The van der Waals surface area contributed by atoms with E-state index >= 15 is 0 Å². The van der Waals surface area contributed by atoms with E-state index in [4.69, 9.17) is 4.74 Å². The fraction of sp³-hybridized carbons (Fsp3) is 0.438. The monoisotopic (exact) mass is 319 g/mol. The molecule has 1 aliphatic rings. The quantitative estimate of drug-likeness (QED) is 0.662. The maximum absolute atomic E-state index is 11.6. The minimum Gasteiger partial charge on any atom is -0.452 e. The fourth-order valence-electron chi connectivity index (χ4n) is 1.83. The zero-order chi connectivity index (χ0) is 16.7. The SMILES string of the molecule is C[C@@H](OC(=O)CCNC(=O)Nc1ccccc1)C(=O)NC1CC1. The first kappa shape index (κ1) is 16.8. The van der Waals surface area contributed by atoms with Crippen LogP contribution in [0.1, 0.15) is 26.2 Å². The Labute approximate surface area is 134 Å². The van der Waals surface area contributed by atoms with Crippen LogP contribution in [0.25, 0.3) is 0 Å². The lowest BCUT2D eigenvalue weighted by atomic mass is 10.3. The number of anilines is 1. The number of urea groups is 1. The number of carbonyl (C=O) groups is 3. The average molecular weight is 319 g/mol. The van der Waals surface area contributed by atoms with E-state index in [1.165, 1.54) is 6.92 Å². The molecule has 3 amide bonds. The molecule has 0 radical (unpaired) electrons. The van der Waals surface area contributed by atoms with Crippen molar-refractivity contribution in [1.29, 1.82) is 0 Å². The van der Waals surface area contributed by atoms with E-state index in [0.29, 0.717) is 5.69 Å². The first-order chi connectivity index (χ1) is 11.0. The Morgan fingerprint density at radius 3 is 2.57 bits per heavy atom. The summed E-state index contributed by atoms with van der Waals surface area (Å²) in [6.45, 7) is 1.67. The van der Waals surface area contributed by atoms with Crippen molar-refractivity contribution >= 4 is 23.6 Å². The highest BCUT2D eigenvalue weighted by molar-refractivity contribution is 5.89. The predicted molar refractivity (Wildman–Crippen MR) is 84.8 cm³/mol. The summed E-state index contributed by atoms with van der Waals surface area (Å²) in [6.07, 6.45) is 1.14. The van der Waals surface area contributed by atoms with Crippen molar-refractivity contribution < 1.29 is 19.1 Å². The van der Waals surface area contributed by atoms with E-state index < -0.39 is 18.1 Å². The van der Waals surface area contributed by atoms with E-state index in [9.17, 15) is 14.4 Å². The van der Waals surface area contributed by atoms with Gasteiger partial charge in [-0.05, 0) is 31.9 Å². The molecule has 2 rings (SSSR count). The molecule has 1 fully saturated rings. The van der Waals surface area contributed by atoms with Crippen molar-refractivity contribution in [2.75, 3.05) is 11.9 Å². The second-order valence-corrected chi connectivity index (χ2v) is 5.41. The topological polar surface area (TPSA) is 96.5 Å². The van der Waals surface area contributed by atoms with E-state index in [1.807, 2.05) is 6.07 Å². The molecule has 7 heteroatoms. The molecule has 1 aromatic carbocycles. The van der Waals surface area contributed by atoms with Crippen molar-refractivity contribution in [2.45, 2.75) is 38.3 Å². The van der Waals surface area contributed by atoms with Crippen LogP contribution in [-0.4, -0.2) is 36.6 Å². The van der Waals surface area contributed by atoms with Gasteiger partial charge in [0.15, 0.2) is 6.10 Å². The maximum Gasteiger partial charge on any atom is 0.319 e. The largest absolute Gasteiger partial charge is 0.452 e. The normalized spacial score (nSPS) is 14.5. The molecule has 23 heavy (non-hydrogen) atoms. The minimum absolute atomic E-state index is 0.00323. The average Bonchev–Trinajstić information content (AvgIpc) is 3.32. The van der Waals surface area contributed by atoms with E-state index in [1.54, 1.807) is 24.3 Å². The lowest BCUT2D eigenvalue weighted by Gasteiger charge is -2.13. The molecule has 1 aliphatic carbocycles. The molecular weight excluding hydrogens is 298 g/mol. The van der Waals surface area contributed by atoms with Crippen LogP contribution in [0.2, 0.25) is 0 Å². The molecular formula is C16H21N3O4. The number of para-hydroxylation sites is 1. The molecule has 0 aliphatic heterocycles. The van der Waals surface area contributed by atoms with Gasteiger partial charge in [-0.1, -0.05) is 18.2 Å². The third kappa shape index (κ3) is 6.37. The summed E-state index contributed by atoms with van der Waals surface area (Å²) in [5.41, 5.74) is 0.665. The van der Waals surface area contributed by atoms with Gasteiger partial charge in [-0.2, -0.15) is 0 Å². The number of hydrogen-bond acceptors (Lipinski definition) is 4. The summed E-state index contributed by atoms with van der Waals surface area (Å²) in [4.78, 5) is 34.9. The zero-order valence-electron chi connectivity index (χ0n) is 13.0. The summed E-state index contributed by atoms with van der Waals surface area (Å²) in [5.74, 6) is -0.806. The van der Waals surface area contributed by atoms with Crippen LogP contribution in [0.4, 0.5) is 10.5 Å². The molecule has 124 valence electrons. The van der Waals surface area contributed by atoms with Gasteiger partial charge >= 0.3 is 12.0 Å². The molecule has 1 saturated carbocycles. The number of esters is 1. The Morgan fingerprint density at radius 1 is 1.22 bits per heavy atom. The van der Waals surface area contributed by atoms with Gasteiger partial charge in [-0.15, -0.1) is 0 Å². The third-order valence-electron chi connectivity index (χ3n) is 3.25. The molecule has 0 spiro atoms. The first-order valence-corrected chi connectivity index (χ1v) is 7.64. The van der Waals surface area contributed by atoms with Gasteiger partial charge in [0.1, 0.15) is 0 Å². The Hall–Kier alpha value is -2.57. The first-order valence-electron chi connectivity index (χ1n) is 7.64. The number of hydrogen-bond donors (Lipinski definition) is 3. The second kappa shape index (κ2) is 8.17. The van der Waals surface area contributed by atoms with Crippen molar-refractivity contribution in [2.24, 2.45) is 0 Å². The van der Waals surface area contributed by atoms with Crippen LogP contribution >= 0.6 is 0 Å². The molecule has 0 heterocycles. The van der Waals surface area contributed by atoms with Crippen LogP contribution in [0.3, 0.4) is 0 Å². The Kier molecular flexibility index (Phi) is 5.96. The third-order valence-corrected chi connectivity index (χ3v) is 3.25. The number of carbonyl (C=O) groups excluding carboxylic acids is 3. The Morgan fingerprint density at radius 2 is 1.91 bits per heavy atom. The minimum atomic E-state index is -0.818. The van der Waals surface area contributed by atoms with Gasteiger partial charge in [-0.25, -0.2) is 4.79 Å². The van der Waals surface area contributed by atoms with E-state index in [-0.39, 0.29) is 24.9 Å². The van der Waals surface area contributed by atoms with Gasteiger partial charge < -0.3 is 20.7 Å². The maximum atomic E-state index is 11.6. The van der Waals surface area contributed by atoms with Crippen molar-refractivity contribution in [3.8, 4) is 0 Å². The molecule has 0 aromatic heterocycles. The van der Waals surface area contributed by atoms with Crippen molar-refractivity contribution in [3.63, 3.8) is 0 Å². The standard InChI is InChI=1S/C16H21N3O4/c1-11(15(21)18-13-7-8-13)23-14(20)9-10-17-16(22)19-12-5-3-2-4-6-12/h2-6,11,13H,7-10H2,1H3,(H,18,21)(H2,17,19,22)/t11-/m1/s1. The fourth-order valence-corrected chi connectivity index (χ4v) is 1.83. The van der Waals surface area contributed by atoms with Crippen LogP contribution in [0.5, 0.6) is 0 Å².